The molecule has 0 radical (unpaired) electrons. The molecule has 20 heavy (non-hydrogen) atoms. The van der Waals surface area contributed by atoms with Gasteiger partial charge in [0.2, 0.25) is 11.4 Å². The fourth-order valence-electron chi connectivity index (χ4n) is 1.71. The summed E-state index contributed by atoms with van der Waals surface area (Å²) in [6, 6.07) is 0. The molecule has 10 heteroatoms. The Kier molecular flexibility index (Phi) is 4.71. The van der Waals surface area contributed by atoms with Crippen molar-refractivity contribution in [3.63, 3.8) is 0 Å². The average molecular weight is 304 g/mol. The smallest absolute Gasteiger partial charge is 0.344 e. The van der Waals surface area contributed by atoms with Crippen LogP contribution in [-0.2, 0) is 23.9 Å². The maximum atomic E-state index is 11.9. The number of hydrogen-bond donors (Lipinski definition) is 1. The number of thioether (sulfide) groups is 1. The predicted molar refractivity (Wildman–Crippen MR) is 67.0 cm³/mol. The third-order valence-corrected chi connectivity index (χ3v) is 3.78. The molecule has 0 saturated heterocycles. The normalized spacial score (nSPS) is 24.6. The van der Waals surface area contributed by atoms with Gasteiger partial charge in [0.1, 0.15) is 0 Å². The van der Waals surface area contributed by atoms with Gasteiger partial charge in [-0.3, -0.25) is 14.9 Å². The Morgan fingerprint density at radius 1 is 1.40 bits per heavy atom. The molecule has 1 N–H and O–H groups in total. The Morgan fingerprint density at radius 3 is 2.40 bits per heavy atom. The Hall–Kier alpha value is -2.10. The third kappa shape index (κ3) is 2.74. The quantitative estimate of drug-likeness (QED) is 0.416. The van der Waals surface area contributed by atoms with Gasteiger partial charge in [0, 0.05) is 11.8 Å². The highest BCUT2D eigenvalue weighted by molar-refractivity contribution is 8.04. The van der Waals surface area contributed by atoms with Crippen LogP contribution in [0.3, 0.4) is 0 Å². The highest BCUT2D eigenvalue weighted by atomic mass is 32.2. The molecule has 0 aromatic heterocycles. The number of rotatable bonds is 4. The van der Waals surface area contributed by atoms with E-state index in [1.807, 2.05) is 0 Å². The van der Waals surface area contributed by atoms with Gasteiger partial charge in [-0.05, 0) is 17.8 Å². The summed E-state index contributed by atoms with van der Waals surface area (Å²) in [4.78, 5) is 44.8. The number of ether oxygens (including phenoxy) is 2. The number of nitrogens with zero attached hydrogens (tertiary/aromatic N) is 1. The number of esters is 2. The largest absolute Gasteiger partial charge is 0.467 e. The maximum absolute atomic E-state index is 11.9. The predicted octanol–water partition coefficient (Wildman–Crippen LogP) is -0.559. The molecule has 2 unspecified atom stereocenters. The molecule has 0 fully saturated rings. The Morgan fingerprint density at radius 2 is 2.00 bits per heavy atom. The zero-order valence-corrected chi connectivity index (χ0v) is 11.7. The van der Waals surface area contributed by atoms with E-state index in [0.717, 1.165) is 27.2 Å². The van der Waals surface area contributed by atoms with Crippen LogP contribution in [0, 0.1) is 10.1 Å². The van der Waals surface area contributed by atoms with E-state index in [1.54, 1.807) is 0 Å². The van der Waals surface area contributed by atoms with E-state index in [4.69, 9.17) is 0 Å². The molecule has 1 aliphatic rings. The van der Waals surface area contributed by atoms with Crippen molar-refractivity contribution < 1.29 is 28.8 Å². The number of carbonyl (C=O) groups excluding carboxylic acids is 3. The number of methoxy groups -OCH3 is 2. The van der Waals surface area contributed by atoms with Gasteiger partial charge in [0.25, 0.3) is 5.37 Å². The number of amides is 1. The number of carbonyl (C=O) groups is 3. The molecule has 110 valence electrons. The van der Waals surface area contributed by atoms with Gasteiger partial charge in [0.15, 0.2) is 0 Å². The second kappa shape index (κ2) is 5.90. The Balaban J connectivity index is 3.36. The van der Waals surface area contributed by atoms with Gasteiger partial charge in [-0.15, -0.1) is 0 Å². The zero-order valence-electron chi connectivity index (χ0n) is 10.9. The lowest BCUT2D eigenvalue weighted by Gasteiger charge is -2.25. The number of nitrogens with one attached hydrogen (secondary N) is 1. The van der Waals surface area contributed by atoms with Crippen LogP contribution in [-0.4, -0.2) is 47.9 Å². The standard InChI is InChI=1S/C10H12N2O7S/c1-5(13)11-10(9(15)19-3)4-6(7(14)18-2)20-8(10)12(16)17/h4,8H,1-3H3,(H,11,13). The molecule has 9 nitrogen and oxygen atoms in total. The molecular formula is C10H12N2O7S. The number of nitro groups is 1. The average Bonchev–Trinajstić information content (AvgIpc) is 2.76. The summed E-state index contributed by atoms with van der Waals surface area (Å²) in [6.07, 6.45) is 0.990. The minimum Gasteiger partial charge on any atom is -0.467 e. The lowest BCUT2D eigenvalue weighted by Crippen LogP contribution is -2.60. The van der Waals surface area contributed by atoms with Gasteiger partial charge >= 0.3 is 11.9 Å². The van der Waals surface area contributed by atoms with E-state index in [0.29, 0.717) is 11.8 Å². The minimum absolute atomic E-state index is 0.145. The summed E-state index contributed by atoms with van der Waals surface area (Å²) in [5.74, 6) is -2.55. The van der Waals surface area contributed by atoms with E-state index in [9.17, 15) is 24.5 Å². The van der Waals surface area contributed by atoms with Crippen molar-refractivity contribution in [1.82, 2.24) is 5.32 Å². The molecule has 0 spiro atoms. The summed E-state index contributed by atoms with van der Waals surface area (Å²) < 4.78 is 8.97. The first kappa shape index (κ1) is 16.0. The Labute approximate surface area is 117 Å². The molecule has 0 bridgehead atoms. The van der Waals surface area contributed by atoms with Crippen LogP contribution in [0.1, 0.15) is 6.92 Å². The molecule has 0 saturated carbocycles. The van der Waals surface area contributed by atoms with Crippen LogP contribution in [0.2, 0.25) is 0 Å². The van der Waals surface area contributed by atoms with Crippen LogP contribution >= 0.6 is 11.8 Å². The SMILES string of the molecule is COC(=O)C1=CC(NC(C)=O)(C(=O)OC)C([N+](=O)[O-])S1. The highest BCUT2D eigenvalue weighted by Crippen LogP contribution is 2.41. The molecule has 0 aromatic rings. The number of hydrogen-bond acceptors (Lipinski definition) is 8. The lowest BCUT2D eigenvalue weighted by atomic mass is 9.98. The van der Waals surface area contributed by atoms with Crippen molar-refractivity contribution in [1.29, 1.82) is 0 Å². The van der Waals surface area contributed by atoms with Crippen LogP contribution in [0.15, 0.2) is 11.0 Å². The summed E-state index contributed by atoms with van der Waals surface area (Å²) in [5.41, 5.74) is -2.04. The van der Waals surface area contributed by atoms with Crippen LogP contribution < -0.4 is 5.32 Å². The molecule has 1 heterocycles. The van der Waals surface area contributed by atoms with Crippen molar-refractivity contribution in [2.75, 3.05) is 14.2 Å². The van der Waals surface area contributed by atoms with Crippen molar-refractivity contribution in [2.45, 2.75) is 17.8 Å². The second-order valence-corrected chi connectivity index (χ2v) is 4.92. The molecule has 0 aliphatic carbocycles. The van der Waals surface area contributed by atoms with Gasteiger partial charge in [-0.1, -0.05) is 0 Å². The summed E-state index contributed by atoms with van der Waals surface area (Å²) in [7, 11) is 2.12. The third-order valence-electron chi connectivity index (χ3n) is 2.47. The van der Waals surface area contributed by atoms with E-state index in [-0.39, 0.29) is 4.91 Å². The second-order valence-electron chi connectivity index (χ2n) is 3.80. The molecule has 0 aromatic carbocycles. The monoisotopic (exact) mass is 304 g/mol. The Bertz CT molecular complexity index is 504. The summed E-state index contributed by atoms with van der Waals surface area (Å²) in [6.45, 7) is 1.09. The first-order chi connectivity index (χ1) is 9.28. The van der Waals surface area contributed by atoms with E-state index >= 15 is 0 Å². The molecule has 2 atom stereocenters. The van der Waals surface area contributed by atoms with Crippen molar-refractivity contribution >= 4 is 29.6 Å². The van der Waals surface area contributed by atoms with E-state index in [2.05, 4.69) is 14.8 Å². The highest BCUT2D eigenvalue weighted by Gasteiger charge is 2.59. The molecular weight excluding hydrogens is 292 g/mol. The van der Waals surface area contributed by atoms with Crippen LogP contribution in [0.25, 0.3) is 0 Å². The lowest BCUT2D eigenvalue weighted by molar-refractivity contribution is -0.501. The molecule has 1 rings (SSSR count). The van der Waals surface area contributed by atoms with Crippen molar-refractivity contribution in [3.8, 4) is 0 Å². The summed E-state index contributed by atoms with van der Waals surface area (Å²) in [5, 5.41) is 11.7. The van der Waals surface area contributed by atoms with Crippen LogP contribution in [0.5, 0.6) is 0 Å². The van der Waals surface area contributed by atoms with Crippen molar-refractivity contribution in [2.24, 2.45) is 0 Å². The zero-order chi connectivity index (χ0) is 15.5. The summed E-state index contributed by atoms with van der Waals surface area (Å²) >= 11 is 0.516. The first-order valence-electron chi connectivity index (χ1n) is 5.27. The van der Waals surface area contributed by atoms with Gasteiger partial charge < -0.3 is 14.8 Å². The van der Waals surface area contributed by atoms with Gasteiger partial charge in [-0.25, -0.2) is 9.59 Å². The maximum Gasteiger partial charge on any atom is 0.344 e. The fraction of sp³-hybridized carbons (Fsp3) is 0.500. The van der Waals surface area contributed by atoms with Crippen LogP contribution in [0.4, 0.5) is 0 Å². The molecule has 1 amide bonds. The first-order valence-corrected chi connectivity index (χ1v) is 6.15. The topological polar surface area (TPSA) is 125 Å². The minimum atomic E-state index is -2.04. The van der Waals surface area contributed by atoms with E-state index < -0.39 is 33.7 Å². The van der Waals surface area contributed by atoms with Gasteiger partial charge in [0.05, 0.1) is 19.1 Å². The van der Waals surface area contributed by atoms with E-state index in [1.165, 1.54) is 0 Å². The molecule has 1 aliphatic heterocycles. The van der Waals surface area contributed by atoms with Crippen molar-refractivity contribution in [3.05, 3.63) is 21.1 Å². The fourth-order valence-corrected chi connectivity index (χ4v) is 2.88. The van der Waals surface area contributed by atoms with Gasteiger partial charge in [-0.2, -0.15) is 0 Å².